The Hall–Kier alpha value is -0.610. The molecule has 1 unspecified atom stereocenters. The van der Waals surface area contributed by atoms with Crippen molar-refractivity contribution in [3.63, 3.8) is 0 Å². The van der Waals surface area contributed by atoms with Crippen molar-refractivity contribution < 1.29 is 18.6 Å². The van der Waals surface area contributed by atoms with E-state index in [1.807, 2.05) is 0 Å². The summed E-state index contributed by atoms with van der Waals surface area (Å²) in [5.41, 5.74) is 0. The van der Waals surface area contributed by atoms with Crippen molar-refractivity contribution in [2.45, 2.75) is 25.7 Å². The van der Waals surface area contributed by atoms with Gasteiger partial charge in [0.15, 0.2) is 5.79 Å². The van der Waals surface area contributed by atoms with Crippen LogP contribution in [-0.4, -0.2) is 25.1 Å². The van der Waals surface area contributed by atoms with Gasteiger partial charge >= 0.3 is 0 Å². The van der Waals surface area contributed by atoms with Gasteiger partial charge in [-0.2, -0.15) is 4.39 Å². The van der Waals surface area contributed by atoms with Gasteiger partial charge in [-0.15, -0.1) is 0 Å². The predicted octanol–water partition coefficient (Wildman–Crippen LogP) is 1.60. The molecule has 1 atom stereocenters. The minimum Gasteiger partial charge on any atom is -0.468 e. The molecule has 1 fully saturated rings. The van der Waals surface area contributed by atoms with Gasteiger partial charge in [-0.1, -0.05) is 0 Å². The summed E-state index contributed by atoms with van der Waals surface area (Å²) < 4.78 is 27.2. The zero-order valence-electron chi connectivity index (χ0n) is 7.30. The molecule has 0 amide bonds. The minimum atomic E-state index is -0.789. The average molecular weight is 176 g/mol. The lowest BCUT2D eigenvalue weighted by molar-refractivity contribution is -0.144. The van der Waals surface area contributed by atoms with Crippen LogP contribution in [-0.2, 0) is 14.2 Å². The largest absolute Gasteiger partial charge is 0.468 e. The number of halogens is 1. The molecule has 0 N–H and O–H groups in total. The fraction of sp³-hybridized carbons (Fsp3) is 0.750. The number of rotatable bonds is 3. The van der Waals surface area contributed by atoms with E-state index >= 15 is 0 Å². The first kappa shape index (κ1) is 9.48. The summed E-state index contributed by atoms with van der Waals surface area (Å²) in [6, 6.07) is -0.789. The molecule has 1 aliphatic heterocycles. The van der Waals surface area contributed by atoms with E-state index in [0.717, 1.165) is 0 Å². The van der Waals surface area contributed by atoms with Gasteiger partial charge in [-0.25, -0.2) is 0 Å². The minimum absolute atomic E-state index is 0.152. The Morgan fingerprint density at radius 3 is 2.83 bits per heavy atom. The van der Waals surface area contributed by atoms with Crippen LogP contribution in [0.4, 0.5) is 4.39 Å². The Morgan fingerprint density at radius 1 is 1.75 bits per heavy atom. The second-order valence-corrected chi connectivity index (χ2v) is 3.12. The van der Waals surface area contributed by atoms with Crippen molar-refractivity contribution in [1.82, 2.24) is 0 Å². The average Bonchev–Trinajstić information content (AvgIpc) is 2.26. The smallest absolute Gasteiger partial charge is 0.265 e. The van der Waals surface area contributed by atoms with Crippen molar-refractivity contribution >= 4 is 0 Å². The molecular formula is C8H13FO3. The van der Waals surface area contributed by atoms with Gasteiger partial charge in [0.1, 0.15) is 12.7 Å². The first-order valence-electron chi connectivity index (χ1n) is 3.78. The van der Waals surface area contributed by atoms with Crippen LogP contribution in [0.2, 0.25) is 0 Å². The summed E-state index contributed by atoms with van der Waals surface area (Å²) in [6.07, 6.45) is -0.201. The molecule has 1 aliphatic rings. The predicted molar refractivity (Wildman–Crippen MR) is 41.1 cm³/mol. The van der Waals surface area contributed by atoms with E-state index in [1.165, 1.54) is 0 Å². The highest BCUT2D eigenvalue weighted by atomic mass is 19.1. The lowest BCUT2D eigenvalue weighted by Gasteiger charge is -2.16. The zero-order valence-corrected chi connectivity index (χ0v) is 7.30. The van der Waals surface area contributed by atoms with Crippen LogP contribution in [0.5, 0.6) is 0 Å². The summed E-state index contributed by atoms with van der Waals surface area (Å²) in [6.45, 7) is 7.16. The first-order valence-corrected chi connectivity index (χ1v) is 3.78. The second-order valence-electron chi connectivity index (χ2n) is 3.12. The van der Waals surface area contributed by atoms with Gasteiger partial charge in [0, 0.05) is 0 Å². The molecule has 3 nitrogen and oxygen atoms in total. The van der Waals surface area contributed by atoms with Crippen LogP contribution in [0.15, 0.2) is 12.6 Å². The van der Waals surface area contributed by atoms with E-state index in [-0.39, 0.29) is 12.7 Å². The van der Waals surface area contributed by atoms with E-state index in [9.17, 15) is 4.39 Å². The third-order valence-electron chi connectivity index (χ3n) is 1.49. The quantitative estimate of drug-likeness (QED) is 0.611. The van der Waals surface area contributed by atoms with Crippen molar-refractivity contribution in [3.05, 3.63) is 12.6 Å². The molecule has 0 radical (unpaired) electrons. The monoisotopic (exact) mass is 176 g/mol. The SMILES string of the molecule is C=C(F)OCC1COC(C)(C)O1. The van der Waals surface area contributed by atoms with Gasteiger partial charge in [0.2, 0.25) is 0 Å². The molecule has 1 saturated heterocycles. The normalized spacial score (nSPS) is 27.1. The molecule has 0 saturated carbocycles. The lowest BCUT2D eigenvalue weighted by atomic mass is 10.4. The van der Waals surface area contributed by atoms with Crippen LogP contribution in [0.1, 0.15) is 13.8 Å². The Bertz CT molecular complexity index is 179. The third-order valence-corrected chi connectivity index (χ3v) is 1.49. The van der Waals surface area contributed by atoms with Gasteiger partial charge < -0.3 is 14.2 Å². The molecular weight excluding hydrogens is 163 g/mol. The zero-order chi connectivity index (χ0) is 9.19. The molecule has 0 aromatic rings. The molecule has 70 valence electrons. The molecule has 4 heteroatoms. The summed E-state index contributed by atoms with van der Waals surface area (Å²) >= 11 is 0. The first-order chi connectivity index (χ1) is 5.49. The summed E-state index contributed by atoms with van der Waals surface area (Å²) in [5.74, 6) is -0.578. The molecule has 0 bridgehead atoms. The summed E-state index contributed by atoms with van der Waals surface area (Å²) in [5, 5.41) is 0. The van der Waals surface area contributed by atoms with Crippen LogP contribution in [0.25, 0.3) is 0 Å². The molecule has 0 aliphatic carbocycles. The molecule has 0 aromatic heterocycles. The van der Waals surface area contributed by atoms with Crippen molar-refractivity contribution in [3.8, 4) is 0 Å². The van der Waals surface area contributed by atoms with Gasteiger partial charge in [-0.05, 0) is 20.4 Å². The molecule has 0 spiro atoms. The van der Waals surface area contributed by atoms with Crippen LogP contribution in [0, 0.1) is 0 Å². The van der Waals surface area contributed by atoms with E-state index in [4.69, 9.17) is 9.47 Å². The molecule has 1 heterocycles. The Balaban J connectivity index is 2.24. The highest BCUT2D eigenvalue weighted by molar-refractivity contribution is 4.73. The third kappa shape index (κ3) is 2.79. The van der Waals surface area contributed by atoms with E-state index < -0.39 is 11.8 Å². The van der Waals surface area contributed by atoms with Gasteiger partial charge in [0.05, 0.1) is 6.61 Å². The van der Waals surface area contributed by atoms with Crippen molar-refractivity contribution in [2.24, 2.45) is 0 Å². The topological polar surface area (TPSA) is 27.7 Å². The Labute approximate surface area is 71.1 Å². The maximum absolute atomic E-state index is 12.0. The van der Waals surface area contributed by atoms with Gasteiger partial charge in [-0.3, -0.25) is 0 Å². The molecule has 1 rings (SSSR count). The fourth-order valence-electron chi connectivity index (χ4n) is 1.03. The maximum atomic E-state index is 12.0. The van der Waals surface area contributed by atoms with Crippen LogP contribution in [0.3, 0.4) is 0 Å². The summed E-state index contributed by atoms with van der Waals surface area (Å²) in [4.78, 5) is 0. The fourth-order valence-corrected chi connectivity index (χ4v) is 1.03. The van der Waals surface area contributed by atoms with E-state index in [0.29, 0.717) is 6.61 Å². The van der Waals surface area contributed by atoms with Crippen molar-refractivity contribution in [2.75, 3.05) is 13.2 Å². The van der Waals surface area contributed by atoms with Crippen LogP contribution >= 0.6 is 0 Å². The van der Waals surface area contributed by atoms with Crippen molar-refractivity contribution in [1.29, 1.82) is 0 Å². The molecule has 0 aromatic carbocycles. The second kappa shape index (κ2) is 3.41. The standard InChI is InChI=1S/C8H13FO3/c1-6(9)10-4-7-5-11-8(2,3)12-7/h7H,1,4-5H2,2-3H3. The summed E-state index contributed by atoms with van der Waals surface area (Å²) in [7, 11) is 0. The number of ether oxygens (including phenoxy) is 3. The highest BCUT2D eigenvalue weighted by Crippen LogP contribution is 2.22. The number of hydrogen-bond donors (Lipinski definition) is 0. The Morgan fingerprint density at radius 2 is 2.42 bits per heavy atom. The lowest BCUT2D eigenvalue weighted by Crippen LogP contribution is -2.23. The van der Waals surface area contributed by atoms with E-state index in [1.54, 1.807) is 13.8 Å². The maximum Gasteiger partial charge on any atom is 0.265 e. The highest BCUT2D eigenvalue weighted by Gasteiger charge is 2.32. The Kier molecular flexibility index (Phi) is 2.69. The van der Waals surface area contributed by atoms with Gasteiger partial charge in [0.25, 0.3) is 6.01 Å². The van der Waals surface area contributed by atoms with E-state index in [2.05, 4.69) is 11.3 Å². The van der Waals surface area contributed by atoms with Crippen LogP contribution < -0.4 is 0 Å². The number of hydrogen-bond acceptors (Lipinski definition) is 3. The molecule has 12 heavy (non-hydrogen) atoms.